The van der Waals surface area contributed by atoms with Crippen LogP contribution in [0.4, 0.5) is 14.5 Å². The normalized spacial score (nSPS) is 17.6. The summed E-state index contributed by atoms with van der Waals surface area (Å²) in [5.74, 6) is -1.83. The van der Waals surface area contributed by atoms with E-state index in [4.69, 9.17) is 4.74 Å². The fraction of sp³-hybridized carbons (Fsp3) is 0.462. The molecule has 0 aromatic heterocycles. The number of nitrogens with one attached hydrogen (secondary N) is 2. The first-order chi connectivity index (χ1) is 9.15. The second kappa shape index (κ2) is 8.14. The van der Waals surface area contributed by atoms with Crippen LogP contribution in [-0.2, 0) is 9.53 Å². The molecule has 1 amide bonds. The Balaban J connectivity index is 0.00000200. The third-order valence-corrected chi connectivity index (χ3v) is 2.89. The summed E-state index contributed by atoms with van der Waals surface area (Å²) in [6, 6.07) is 3.02. The maximum Gasteiger partial charge on any atom is 0.238 e. The Labute approximate surface area is 122 Å². The molecular weight excluding hydrogens is 290 g/mol. The van der Waals surface area contributed by atoms with Crippen molar-refractivity contribution in [1.82, 2.24) is 5.32 Å². The SMILES string of the molecule is Cl.O=C(CNCC1CCCO1)Nc1ccc(F)cc1F. The van der Waals surface area contributed by atoms with Gasteiger partial charge < -0.3 is 15.4 Å². The van der Waals surface area contributed by atoms with Gasteiger partial charge in [0, 0.05) is 19.2 Å². The number of carbonyl (C=O) groups is 1. The van der Waals surface area contributed by atoms with Gasteiger partial charge in [0.25, 0.3) is 0 Å². The molecule has 0 spiro atoms. The van der Waals surface area contributed by atoms with Crippen LogP contribution in [0.5, 0.6) is 0 Å². The molecule has 0 radical (unpaired) electrons. The summed E-state index contributed by atoms with van der Waals surface area (Å²) in [7, 11) is 0. The molecule has 1 aliphatic rings. The van der Waals surface area contributed by atoms with E-state index in [0.29, 0.717) is 6.54 Å². The van der Waals surface area contributed by atoms with Gasteiger partial charge in [-0.2, -0.15) is 0 Å². The third-order valence-electron chi connectivity index (χ3n) is 2.89. The van der Waals surface area contributed by atoms with Crippen molar-refractivity contribution in [1.29, 1.82) is 0 Å². The van der Waals surface area contributed by atoms with E-state index in [-0.39, 0.29) is 36.7 Å². The van der Waals surface area contributed by atoms with E-state index in [1.165, 1.54) is 6.07 Å². The lowest BCUT2D eigenvalue weighted by Crippen LogP contribution is -2.33. The van der Waals surface area contributed by atoms with Crippen molar-refractivity contribution in [2.45, 2.75) is 18.9 Å². The Hall–Kier alpha value is -1.24. The number of hydrogen-bond donors (Lipinski definition) is 2. The lowest BCUT2D eigenvalue weighted by Gasteiger charge is -2.11. The highest BCUT2D eigenvalue weighted by Crippen LogP contribution is 2.14. The monoisotopic (exact) mass is 306 g/mol. The molecule has 2 rings (SSSR count). The minimum absolute atomic E-state index is 0. The number of rotatable bonds is 5. The number of anilines is 1. The fourth-order valence-corrected chi connectivity index (χ4v) is 1.94. The van der Waals surface area contributed by atoms with Gasteiger partial charge in [0.15, 0.2) is 0 Å². The molecule has 0 bridgehead atoms. The molecule has 1 aromatic carbocycles. The summed E-state index contributed by atoms with van der Waals surface area (Å²) >= 11 is 0. The van der Waals surface area contributed by atoms with Gasteiger partial charge in [-0.15, -0.1) is 12.4 Å². The molecule has 1 aliphatic heterocycles. The van der Waals surface area contributed by atoms with Crippen LogP contribution in [0.3, 0.4) is 0 Å². The van der Waals surface area contributed by atoms with Crippen LogP contribution in [0.25, 0.3) is 0 Å². The molecule has 2 N–H and O–H groups in total. The molecular formula is C13H17ClF2N2O2. The van der Waals surface area contributed by atoms with Crippen molar-refractivity contribution >= 4 is 24.0 Å². The Morgan fingerprint density at radius 3 is 2.85 bits per heavy atom. The molecule has 1 heterocycles. The number of hydrogen-bond acceptors (Lipinski definition) is 3. The van der Waals surface area contributed by atoms with E-state index in [0.717, 1.165) is 31.6 Å². The minimum atomic E-state index is -0.785. The fourth-order valence-electron chi connectivity index (χ4n) is 1.94. The molecule has 1 fully saturated rings. The highest BCUT2D eigenvalue weighted by Gasteiger charge is 2.15. The molecule has 20 heavy (non-hydrogen) atoms. The van der Waals surface area contributed by atoms with Crippen LogP contribution in [0, 0.1) is 11.6 Å². The smallest absolute Gasteiger partial charge is 0.238 e. The Morgan fingerprint density at radius 2 is 2.20 bits per heavy atom. The minimum Gasteiger partial charge on any atom is -0.377 e. The summed E-state index contributed by atoms with van der Waals surface area (Å²) < 4.78 is 31.4. The Bertz CT molecular complexity index is 454. The number of ether oxygens (including phenoxy) is 1. The van der Waals surface area contributed by atoms with E-state index in [1.54, 1.807) is 0 Å². The number of carbonyl (C=O) groups excluding carboxylic acids is 1. The van der Waals surface area contributed by atoms with Gasteiger partial charge in [0.1, 0.15) is 11.6 Å². The van der Waals surface area contributed by atoms with Gasteiger partial charge in [0.2, 0.25) is 5.91 Å². The van der Waals surface area contributed by atoms with Gasteiger partial charge >= 0.3 is 0 Å². The number of amides is 1. The van der Waals surface area contributed by atoms with Crippen molar-refractivity contribution < 1.29 is 18.3 Å². The first-order valence-corrected chi connectivity index (χ1v) is 6.22. The van der Waals surface area contributed by atoms with Crippen molar-refractivity contribution in [3.8, 4) is 0 Å². The van der Waals surface area contributed by atoms with Crippen molar-refractivity contribution in [3.63, 3.8) is 0 Å². The molecule has 7 heteroatoms. The van der Waals surface area contributed by atoms with Gasteiger partial charge in [-0.3, -0.25) is 4.79 Å². The van der Waals surface area contributed by atoms with E-state index in [2.05, 4.69) is 10.6 Å². The topological polar surface area (TPSA) is 50.4 Å². The quantitative estimate of drug-likeness (QED) is 0.876. The molecule has 1 atom stereocenters. The summed E-state index contributed by atoms with van der Waals surface area (Å²) in [6.07, 6.45) is 2.18. The van der Waals surface area contributed by atoms with E-state index in [1.807, 2.05) is 0 Å². The summed E-state index contributed by atoms with van der Waals surface area (Å²) in [5.41, 5.74) is -0.0229. The highest BCUT2D eigenvalue weighted by atomic mass is 35.5. The van der Waals surface area contributed by atoms with Crippen molar-refractivity contribution in [2.75, 3.05) is 25.0 Å². The van der Waals surface area contributed by atoms with E-state index in [9.17, 15) is 13.6 Å². The second-order valence-corrected chi connectivity index (χ2v) is 4.44. The van der Waals surface area contributed by atoms with E-state index >= 15 is 0 Å². The average molecular weight is 307 g/mol. The van der Waals surface area contributed by atoms with Crippen molar-refractivity contribution in [3.05, 3.63) is 29.8 Å². The summed E-state index contributed by atoms with van der Waals surface area (Å²) in [4.78, 5) is 11.5. The van der Waals surface area contributed by atoms with Crippen LogP contribution < -0.4 is 10.6 Å². The molecule has 112 valence electrons. The van der Waals surface area contributed by atoms with Crippen LogP contribution in [0.1, 0.15) is 12.8 Å². The first-order valence-electron chi connectivity index (χ1n) is 6.22. The lowest BCUT2D eigenvalue weighted by molar-refractivity contribution is -0.115. The van der Waals surface area contributed by atoms with Crippen LogP contribution in [0.2, 0.25) is 0 Å². The van der Waals surface area contributed by atoms with Gasteiger partial charge in [-0.05, 0) is 25.0 Å². The molecule has 1 unspecified atom stereocenters. The number of halogens is 3. The standard InChI is InChI=1S/C13H16F2N2O2.ClH/c14-9-3-4-12(11(15)6-9)17-13(18)8-16-7-10-2-1-5-19-10;/h3-4,6,10,16H,1-2,5,7-8H2,(H,17,18);1H. The first kappa shape index (κ1) is 16.8. The van der Waals surface area contributed by atoms with E-state index < -0.39 is 11.6 Å². The maximum atomic E-state index is 13.3. The number of benzene rings is 1. The van der Waals surface area contributed by atoms with Crippen LogP contribution >= 0.6 is 12.4 Å². The predicted molar refractivity (Wildman–Crippen MR) is 74.1 cm³/mol. The largest absolute Gasteiger partial charge is 0.377 e. The Kier molecular flexibility index (Phi) is 6.84. The van der Waals surface area contributed by atoms with Crippen LogP contribution in [0.15, 0.2) is 18.2 Å². The van der Waals surface area contributed by atoms with Gasteiger partial charge in [0.05, 0.1) is 18.3 Å². The third kappa shape index (κ3) is 5.03. The molecule has 0 saturated carbocycles. The zero-order valence-corrected chi connectivity index (χ0v) is 11.6. The summed E-state index contributed by atoms with van der Waals surface area (Å²) in [6.45, 7) is 1.43. The summed E-state index contributed by atoms with van der Waals surface area (Å²) in [5, 5.41) is 5.32. The molecule has 0 aliphatic carbocycles. The van der Waals surface area contributed by atoms with Gasteiger partial charge in [-0.25, -0.2) is 8.78 Å². The molecule has 4 nitrogen and oxygen atoms in total. The van der Waals surface area contributed by atoms with Gasteiger partial charge in [-0.1, -0.05) is 0 Å². The second-order valence-electron chi connectivity index (χ2n) is 4.44. The van der Waals surface area contributed by atoms with Crippen LogP contribution in [-0.4, -0.2) is 31.7 Å². The zero-order chi connectivity index (χ0) is 13.7. The molecule has 1 saturated heterocycles. The zero-order valence-electron chi connectivity index (χ0n) is 10.8. The van der Waals surface area contributed by atoms with Crippen molar-refractivity contribution in [2.24, 2.45) is 0 Å². The average Bonchev–Trinajstić information content (AvgIpc) is 2.86. The maximum absolute atomic E-state index is 13.3. The molecule has 1 aromatic rings. The predicted octanol–water partition coefficient (Wildman–Crippen LogP) is 2.09. The highest BCUT2D eigenvalue weighted by molar-refractivity contribution is 5.92. The Morgan fingerprint density at radius 1 is 1.40 bits per heavy atom. The lowest BCUT2D eigenvalue weighted by atomic mass is 10.2.